The molecule has 2 heterocycles. The Labute approximate surface area is 239 Å². The fraction of sp³-hybridized carbons (Fsp3) is 0.375. The lowest BCUT2D eigenvalue weighted by Crippen LogP contribution is -2.59. The third kappa shape index (κ3) is 4.13. The Morgan fingerprint density at radius 3 is 2.29 bits per heavy atom. The zero-order valence-electron chi connectivity index (χ0n) is 24.0. The summed E-state index contributed by atoms with van der Waals surface area (Å²) in [5.41, 5.74) is 0.968. The third-order valence-electron chi connectivity index (χ3n) is 8.08. The van der Waals surface area contributed by atoms with Crippen LogP contribution in [0, 0.1) is 6.92 Å². The van der Waals surface area contributed by atoms with E-state index in [4.69, 9.17) is 14.2 Å². The Hall–Kier alpha value is -4.40. The molecule has 0 N–H and O–H groups in total. The van der Waals surface area contributed by atoms with Crippen LogP contribution in [0.1, 0.15) is 50.2 Å². The van der Waals surface area contributed by atoms with Gasteiger partial charge in [0.25, 0.3) is 5.91 Å². The Kier molecular flexibility index (Phi) is 7.46. The maximum absolute atomic E-state index is 15.1. The minimum atomic E-state index is -1.82. The van der Waals surface area contributed by atoms with Gasteiger partial charge in [-0.05, 0) is 56.5 Å². The number of benzene rings is 2. The fourth-order valence-corrected chi connectivity index (χ4v) is 6.28. The van der Waals surface area contributed by atoms with Crippen LogP contribution in [0.4, 0.5) is 11.4 Å². The zero-order chi connectivity index (χ0) is 29.5. The maximum Gasteiger partial charge on any atom is 0.339 e. The zero-order valence-corrected chi connectivity index (χ0v) is 24.0. The highest BCUT2D eigenvalue weighted by Crippen LogP contribution is 2.57. The number of carbonyl (C=O) groups is 4. The number of hydrogen-bond acceptors (Lipinski definition) is 8. The Morgan fingerprint density at radius 1 is 0.951 bits per heavy atom. The molecule has 0 bridgehead atoms. The van der Waals surface area contributed by atoms with E-state index in [0.717, 1.165) is 18.4 Å². The number of amides is 1. The molecule has 2 aromatic rings. The lowest BCUT2D eigenvalue weighted by molar-refractivity contribution is -0.141. The number of allylic oxidation sites excluding steroid dienone is 1. The number of hydrogen-bond donors (Lipinski definition) is 0. The number of nitrogens with zero attached hydrogens (tertiary/aromatic N) is 2. The van der Waals surface area contributed by atoms with Gasteiger partial charge in [-0.15, -0.1) is 0 Å². The second-order valence-corrected chi connectivity index (χ2v) is 10.4. The van der Waals surface area contributed by atoms with Gasteiger partial charge in [0, 0.05) is 29.9 Å². The summed E-state index contributed by atoms with van der Waals surface area (Å²) >= 11 is 0. The molecule has 0 saturated heterocycles. The number of Topliss-reactive ketones (excluding diaryl/α,β-unsaturated/α-hetero) is 1. The Morgan fingerprint density at radius 2 is 1.66 bits per heavy atom. The van der Waals surface area contributed by atoms with E-state index in [-0.39, 0.29) is 28.9 Å². The highest BCUT2D eigenvalue weighted by atomic mass is 16.5. The quantitative estimate of drug-likeness (QED) is 0.458. The summed E-state index contributed by atoms with van der Waals surface area (Å²) in [6.45, 7) is 4.36. The topological polar surface area (TPSA) is 102 Å². The third-order valence-corrected chi connectivity index (χ3v) is 8.08. The van der Waals surface area contributed by atoms with Crippen LogP contribution in [0.15, 0.2) is 64.9 Å². The van der Waals surface area contributed by atoms with Crippen molar-refractivity contribution in [3.63, 3.8) is 0 Å². The summed E-state index contributed by atoms with van der Waals surface area (Å²) in [5, 5.41) is 0. The molecule has 0 aromatic heterocycles. The van der Waals surface area contributed by atoms with Crippen LogP contribution in [0.3, 0.4) is 0 Å². The van der Waals surface area contributed by atoms with Crippen molar-refractivity contribution >= 4 is 35.0 Å². The van der Waals surface area contributed by atoms with E-state index < -0.39 is 23.4 Å². The van der Waals surface area contributed by atoms with E-state index in [0.29, 0.717) is 47.8 Å². The van der Waals surface area contributed by atoms with Gasteiger partial charge in [0.15, 0.2) is 11.3 Å². The first-order valence-electron chi connectivity index (χ1n) is 13.8. The maximum atomic E-state index is 15.1. The summed E-state index contributed by atoms with van der Waals surface area (Å²) in [6, 6.07) is 12.8. The first kappa shape index (κ1) is 28.1. The van der Waals surface area contributed by atoms with Crippen LogP contribution in [0.2, 0.25) is 0 Å². The number of aryl methyl sites for hydroxylation is 1. The van der Waals surface area contributed by atoms with Crippen molar-refractivity contribution in [3.8, 4) is 5.75 Å². The van der Waals surface area contributed by atoms with Crippen LogP contribution < -0.4 is 14.5 Å². The number of methoxy groups -OCH3 is 3. The molecule has 5 rings (SSSR count). The molecular formula is C32H34N2O7. The first-order valence-corrected chi connectivity index (χ1v) is 13.8. The molecule has 0 radical (unpaired) electrons. The predicted octanol–water partition coefficient (Wildman–Crippen LogP) is 4.52. The van der Waals surface area contributed by atoms with Crippen molar-refractivity contribution in [2.24, 2.45) is 0 Å². The van der Waals surface area contributed by atoms with Crippen molar-refractivity contribution in [2.75, 3.05) is 37.7 Å². The number of carbonyl (C=O) groups excluding carboxylic acids is 4. The highest BCUT2D eigenvalue weighted by molar-refractivity contribution is 6.24. The van der Waals surface area contributed by atoms with Crippen molar-refractivity contribution in [3.05, 3.63) is 76.0 Å². The van der Waals surface area contributed by atoms with Gasteiger partial charge in [-0.25, -0.2) is 9.59 Å². The average molecular weight is 559 g/mol. The first-order chi connectivity index (χ1) is 19.8. The number of esters is 2. The second kappa shape index (κ2) is 10.9. The van der Waals surface area contributed by atoms with Gasteiger partial charge in [-0.2, -0.15) is 0 Å². The Balaban J connectivity index is 1.98. The van der Waals surface area contributed by atoms with Crippen LogP contribution in [-0.4, -0.2) is 51.5 Å². The van der Waals surface area contributed by atoms with Crippen molar-refractivity contribution in [1.29, 1.82) is 0 Å². The largest absolute Gasteiger partial charge is 0.497 e. The smallest absolute Gasteiger partial charge is 0.339 e. The number of ether oxygens (including phenoxy) is 3. The van der Waals surface area contributed by atoms with Crippen LogP contribution in [-0.2, 0) is 34.2 Å². The van der Waals surface area contributed by atoms with Gasteiger partial charge in [0.2, 0.25) is 0 Å². The molecule has 0 fully saturated rings. The number of fused-ring (bicyclic) bond motifs is 2. The van der Waals surface area contributed by atoms with Crippen LogP contribution in [0.25, 0.3) is 0 Å². The molecule has 1 amide bonds. The normalized spacial score (nSPS) is 19.9. The number of ketones is 1. The second-order valence-electron chi connectivity index (χ2n) is 10.4. The van der Waals surface area contributed by atoms with Gasteiger partial charge < -0.3 is 24.0 Å². The average Bonchev–Trinajstić information content (AvgIpc) is 3.21. The molecular weight excluding hydrogens is 524 g/mol. The summed E-state index contributed by atoms with van der Waals surface area (Å²) < 4.78 is 15.9. The SMILES string of the molecule is CCCCN1C(=O)C2(C(C(=O)OC)=C(C(=O)OC)C3=C(CCCC3=O)N2c2ccc(OC)cc2)c2cc(C)ccc21. The van der Waals surface area contributed by atoms with Crippen molar-refractivity contribution in [1.82, 2.24) is 0 Å². The van der Waals surface area contributed by atoms with Crippen molar-refractivity contribution in [2.45, 2.75) is 51.5 Å². The molecule has 214 valence electrons. The van der Waals surface area contributed by atoms with Crippen LogP contribution >= 0.6 is 0 Å². The summed E-state index contributed by atoms with van der Waals surface area (Å²) in [5.74, 6) is -1.83. The molecule has 1 aliphatic carbocycles. The van der Waals surface area contributed by atoms with Gasteiger partial charge in [-0.3, -0.25) is 9.59 Å². The van der Waals surface area contributed by atoms with E-state index in [1.807, 2.05) is 32.0 Å². The van der Waals surface area contributed by atoms with Gasteiger partial charge in [0.1, 0.15) is 5.75 Å². The van der Waals surface area contributed by atoms with E-state index >= 15 is 4.79 Å². The lowest BCUT2D eigenvalue weighted by atomic mass is 9.71. The summed E-state index contributed by atoms with van der Waals surface area (Å²) in [7, 11) is 3.96. The minimum Gasteiger partial charge on any atom is -0.497 e. The van der Waals surface area contributed by atoms with E-state index in [1.165, 1.54) is 14.2 Å². The van der Waals surface area contributed by atoms with E-state index in [9.17, 15) is 14.4 Å². The summed E-state index contributed by atoms with van der Waals surface area (Å²) in [6.07, 6.45) is 2.70. The van der Waals surface area contributed by atoms with Crippen molar-refractivity contribution < 1.29 is 33.4 Å². The number of anilines is 2. The molecule has 0 saturated carbocycles. The highest BCUT2D eigenvalue weighted by Gasteiger charge is 2.64. The molecule has 2 aliphatic heterocycles. The predicted molar refractivity (Wildman–Crippen MR) is 153 cm³/mol. The lowest BCUT2D eigenvalue weighted by Gasteiger charge is -2.48. The molecule has 1 atom stereocenters. The number of rotatable bonds is 7. The fourth-order valence-electron chi connectivity index (χ4n) is 6.28. The van der Waals surface area contributed by atoms with Gasteiger partial charge in [0.05, 0.1) is 43.7 Å². The van der Waals surface area contributed by atoms with Gasteiger partial charge >= 0.3 is 11.9 Å². The molecule has 9 heteroatoms. The molecule has 3 aliphatic rings. The Bertz CT molecular complexity index is 1500. The van der Waals surface area contributed by atoms with E-state index in [1.54, 1.807) is 41.2 Å². The van der Waals surface area contributed by atoms with Crippen LogP contribution in [0.5, 0.6) is 5.75 Å². The minimum absolute atomic E-state index is 0.0963. The van der Waals surface area contributed by atoms with Gasteiger partial charge in [-0.1, -0.05) is 31.0 Å². The summed E-state index contributed by atoms with van der Waals surface area (Å²) in [4.78, 5) is 59.6. The molecule has 2 aromatic carbocycles. The molecule has 1 unspecified atom stereocenters. The molecule has 41 heavy (non-hydrogen) atoms. The molecule has 9 nitrogen and oxygen atoms in total. The molecule has 1 spiro atoms. The van der Waals surface area contributed by atoms with E-state index in [2.05, 4.69) is 0 Å². The standard InChI is InChI=1S/C32H34N2O7/c1-6-7-17-33-23-16-11-19(2)18-22(23)32(31(33)38)28(30(37)41-5)27(29(36)40-4)26-24(9-8-10-25(26)35)34(32)20-12-14-21(39-3)15-13-20/h11-16,18H,6-10,17H2,1-5H3. The number of unbranched alkanes of at least 4 members (excludes halogenated alkanes) is 1. The monoisotopic (exact) mass is 558 g/mol.